The Labute approximate surface area is 224 Å². The van der Waals surface area contributed by atoms with Crippen LogP contribution in [0.25, 0.3) is 0 Å². The van der Waals surface area contributed by atoms with Crippen molar-refractivity contribution in [3.63, 3.8) is 0 Å². The predicted molar refractivity (Wildman–Crippen MR) is 143 cm³/mol. The first-order valence-electron chi connectivity index (χ1n) is 12.8. The summed E-state index contributed by atoms with van der Waals surface area (Å²) in [6, 6.07) is -0.951. The van der Waals surface area contributed by atoms with Gasteiger partial charge < -0.3 is 15.4 Å². The number of carbonyl (C=O) groups is 3. The van der Waals surface area contributed by atoms with E-state index in [4.69, 9.17) is 4.74 Å². The summed E-state index contributed by atoms with van der Waals surface area (Å²) in [7, 11) is 1.19. The molecule has 212 valence electrons. The van der Waals surface area contributed by atoms with Crippen LogP contribution in [0.5, 0.6) is 0 Å². The first-order chi connectivity index (χ1) is 17.7. The summed E-state index contributed by atoms with van der Waals surface area (Å²) in [5, 5.41) is 4.34. The minimum Gasteiger partial charge on any atom is -0.467 e. The minimum absolute atomic E-state index is 0.157. The molecule has 0 saturated heterocycles. The van der Waals surface area contributed by atoms with E-state index in [0.29, 0.717) is 12.0 Å². The molecule has 0 unspecified atom stereocenters. The molecule has 0 aromatic heterocycles. The molecule has 0 aromatic rings. The molecule has 6 nitrogen and oxygen atoms in total. The lowest BCUT2D eigenvalue weighted by atomic mass is 9.72. The Morgan fingerprint density at radius 1 is 1.11 bits per heavy atom. The van der Waals surface area contributed by atoms with E-state index < -0.39 is 30.0 Å². The molecule has 0 saturated carbocycles. The quantitative estimate of drug-likeness (QED) is 0.138. The molecule has 1 atom stereocenters. The van der Waals surface area contributed by atoms with Gasteiger partial charge in [0.15, 0.2) is 0 Å². The number of carbonyl (C=O) groups excluding carboxylic acids is 3. The van der Waals surface area contributed by atoms with Gasteiger partial charge in [0, 0.05) is 12.6 Å². The number of rotatable bonds is 12. The van der Waals surface area contributed by atoms with Gasteiger partial charge in [0.25, 0.3) is 0 Å². The fourth-order valence-electron chi connectivity index (χ4n) is 4.27. The lowest BCUT2D eigenvalue weighted by Gasteiger charge is -2.32. The molecule has 0 aromatic carbocycles. The number of alkyl halides is 3. The average Bonchev–Trinajstić information content (AvgIpc) is 2.80. The molecule has 0 heterocycles. The third kappa shape index (κ3) is 12.0. The summed E-state index contributed by atoms with van der Waals surface area (Å²) in [6.07, 6.45) is 10.5. The van der Waals surface area contributed by atoms with Crippen LogP contribution in [0.1, 0.15) is 73.1 Å². The van der Waals surface area contributed by atoms with E-state index in [0.717, 1.165) is 12.0 Å². The van der Waals surface area contributed by atoms with Crippen LogP contribution in [0.2, 0.25) is 0 Å². The van der Waals surface area contributed by atoms with E-state index >= 15 is 0 Å². The van der Waals surface area contributed by atoms with Crippen LogP contribution >= 0.6 is 0 Å². The van der Waals surface area contributed by atoms with Gasteiger partial charge in [0.1, 0.15) is 6.04 Å². The van der Waals surface area contributed by atoms with Gasteiger partial charge in [-0.1, -0.05) is 55.4 Å². The lowest BCUT2D eigenvalue weighted by Crippen LogP contribution is -2.41. The van der Waals surface area contributed by atoms with Crippen LogP contribution in [0.3, 0.4) is 0 Å². The van der Waals surface area contributed by atoms with Crippen molar-refractivity contribution in [2.75, 3.05) is 13.7 Å². The van der Waals surface area contributed by atoms with Crippen molar-refractivity contribution in [2.45, 2.75) is 85.4 Å². The molecule has 0 bridgehead atoms. The van der Waals surface area contributed by atoms with Crippen molar-refractivity contribution in [3.8, 4) is 0 Å². The van der Waals surface area contributed by atoms with E-state index in [-0.39, 0.29) is 24.8 Å². The van der Waals surface area contributed by atoms with Gasteiger partial charge in [-0.15, -0.1) is 0 Å². The first-order valence-corrected chi connectivity index (χ1v) is 12.8. The van der Waals surface area contributed by atoms with Crippen molar-refractivity contribution >= 4 is 17.8 Å². The molecule has 1 aliphatic carbocycles. The van der Waals surface area contributed by atoms with Gasteiger partial charge >= 0.3 is 18.1 Å². The second kappa shape index (κ2) is 15.3. The summed E-state index contributed by atoms with van der Waals surface area (Å²) in [5.74, 6) is -3.16. The van der Waals surface area contributed by atoms with Crippen LogP contribution in [0.15, 0.2) is 58.7 Å². The highest BCUT2D eigenvalue weighted by Gasteiger charge is 2.38. The standard InChI is InChI=1S/C29H41F3N2O4/c1-20(15-16-23-22(3)13-10-17-28(23,4)5)11-9-12-21(2)19-25(35)34-24(26(36)38-6)14-7-8-18-33-27(37)29(30,31)32/h9,11-12,15-16,19,24H,7-8,10,13-14,17-18H2,1-6H3,(H,33,37)(H,34,35)/b12-9+,16-15+,20-11+,21-19+/t24-/m0/s1. The number of methoxy groups -OCH3 is 1. The summed E-state index contributed by atoms with van der Waals surface area (Å²) >= 11 is 0. The van der Waals surface area contributed by atoms with Crippen molar-refractivity contribution in [1.82, 2.24) is 10.6 Å². The smallest absolute Gasteiger partial charge is 0.467 e. The molecular formula is C29H41F3N2O4. The number of unbranched alkanes of at least 4 members (excludes halogenated alkanes) is 1. The second-order valence-corrected chi connectivity index (χ2v) is 10.3. The summed E-state index contributed by atoms with van der Waals surface area (Å²) in [6.45, 7) is 10.3. The molecule has 0 aliphatic heterocycles. The number of esters is 1. The Morgan fingerprint density at radius 3 is 2.39 bits per heavy atom. The van der Waals surface area contributed by atoms with Gasteiger partial charge in [0.2, 0.25) is 5.91 Å². The third-order valence-corrected chi connectivity index (χ3v) is 6.40. The van der Waals surface area contributed by atoms with Crippen molar-refractivity contribution in [1.29, 1.82) is 0 Å². The van der Waals surface area contributed by atoms with E-state index in [1.807, 2.05) is 19.1 Å². The second-order valence-electron chi connectivity index (χ2n) is 10.3. The van der Waals surface area contributed by atoms with Crippen LogP contribution in [0, 0.1) is 5.41 Å². The van der Waals surface area contributed by atoms with Gasteiger partial charge in [-0.3, -0.25) is 9.59 Å². The number of ether oxygens (including phenoxy) is 1. The van der Waals surface area contributed by atoms with Crippen molar-refractivity contribution < 1.29 is 32.3 Å². The molecule has 0 spiro atoms. The zero-order valence-corrected chi connectivity index (χ0v) is 23.3. The van der Waals surface area contributed by atoms with Crippen molar-refractivity contribution in [3.05, 3.63) is 58.7 Å². The van der Waals surface area contributed by atoms with Crippen LogP contribution in [-0.2, 0) is 19.1 Å². The highest BCUT2D eigenvalue weighted by Crippen LogP contribution is 2.40. The molecule has 9 heteroatoms. The molecule has 0 radical (unpaired) electrons. The average molecular weight is 539 g/mol. The van der Waals surface area contributed by atoms with Gasteiger partial charge in [-0.05, 0) is 75.9 Å². The van der Waals surface area contributed by atoms with Gasteiger partial charge in [-0.2, -0.15) is 13.2 Å². The Balaban J connectivity index is 2.64. The molecule has 1 aliphatic rings. The molecule has 1 rings (SSSR count). The Bertz CT molecular complexity index is 1000. The largest absolute Gasteiger partial charge is 0.471 e. The maximum Gasteiger partial charge on any atom is 0.471 e. The third-order valence-electron chi connectivity index (χ3n) is 6.40. The molecule has 2 amide bonds. The summed E-state index contributed by atoms with van der Waals surface area (Å²) < 4.78 is 41.3. The van der Waals surface area contributed by atoms with Crippen LogP contribution in [0.4, 0.5) is 13.2 Å². The molecular weight excluding hydrogens is 497 g/mol. The zero-order valence-electron chi connectivity index (χ0n) is 23.3. The fraction of sp³-hybridized carbons (Fsp3) is 0.552. The highest BCUT2D eigenvalue weighted by molar-refractivity contribution is 5.92. The molecule has 0 fully saturated rings. The van der Waals surface area contributed by atoms with Crippen molar-refractivity contribution in [2.24, 2.45) is 5.41 Å². The predicted octanol–water partition coefficient (Wildman–Crippen LogP) is 6.02. The summed E-state index contributed by atoms with van der Waals surface area (Å²) in [5.41, 5.74) is 4.73. The Kier molecular flexibility index (Phi) is 13.3. The van der Waals surface area contributed by atoms with Crippen LogP contribution in [-0.4, -0.2) is 43.7 Å². The molecule has 38 heavy (non-hydrogen) atoms. The normalized spacial score (nSPS) is 17.6. The van der Waals surface area contributed by atoms with Gasteiger partial charge in [-0.25, -0.2) is 4.79 Å². The SMILES string of the molecule is COC(=O)[C@H](CCCCNC(=O)C(F)(F)F)NC(=O)/C=C(C)/C=C/C=C(C)/C=C/C1=C(C)CCCC1(C)C. The fourth-order valence-corrected chi connectivity index (χ4v) is 4.27. The Hall–Kier alpha value is -3.10. The number of hydrogen-bond acceptors (Lipinski definition) is 4. The number of allylic oxidation sites excluding steroid dienone is 9. The van der Waals surface area contributed by atoms with E-state index in [1.54, 1.807) is 18.3 Å². The lowest BCUT2D eigenvalue weighted by molar-refractivity contribution is -0.173. The highest BCUT2D eigenvalue weighted by atomic mass is 19.4. The number of hydrogen-bond donors (Lipinski definition) is 2. The molecule has 2 N–H and O–H groups in total. The summed E-state index contributed by atoms with van der Waals surface area (Å²) in [4.78, 5) is 35.2. The topological polar surface area (TPSA) is 84.5 Å². The maximum absolute atomic E-state index is 12.4. The van der Waals surface area contributed by atoms with Gasteiger partial charge in [0.05, 0.1) is 7.11 Å². The zero-order chi connectivity index (χ0) is 28.9. The number of halogens is 3. The van der Waals surface area contributed by atoms with Crippen LogP contribution < -0.4 is 10.6 Å². The van der Waals surface area contributed by atoms with E-state index in [9.17, 15) is 27.6 Å². The van der Waals surface area contributed by atoms with E-state index in [2.05, 4.69) is 38.2 Å². The number of amides is 2. The maximum atomic E-state index is 12.4. The monoisotopic (exact) mass is 538 g/mol. The Morgan fingerprint density at radius 2 is 1.79 bits per heavy atom. The van der Waals surface area contributed by atoms with E-state index in [1.165, 1.54) is 37.2 Å². The minimum atomic E-state index is -4.94. The first kappa shape index (κ1) is 32.9. The number of nitrogens with one attached hydrogen (secondary N) is 2.